The Morgan fingerprint density at radius 1 is 1.38 bits per heavy atom. The van der Waals surface area contributed by atoms with Crippen LogP contribution in [0, 0.1) is 0 Å². The summed E-state index contributed by atoms with van der Waals surface area (Å²) in [4.78, 5) is 22.7. The highest BCUT2D eigenvalue weighted by molar-refractivity contribution is 8.00. The van der Waals surface area contributed by atoms with E-state index in [1.165, 1.54) is 0 Å². The minimum atomic E-state index is -0.0306. The van der Waals surface area contributed by atoms with E-state index in [2.05, 4.69) is 16.0 Å². The lowest BCUT2D eigenvalue weighted by Crippen LogP contribution is -2.32. The van der Waals surface area contributed by atoms with E-state index in [1.54, 1.807) is 30.2 Å². The van der Waals surface area contributed by atoms with Crippen LogP contribution in [0.2, 0.25) is 5.02 Å². The number of nitrogens with one attached hydrogen (secondary N) is 1. The van der Waals surface area contributed by atoms with Crippen molar-refractivity contribution < 1.29 is 9.53 Å². The van der Waals surface area contributed by atoms with E-state index in [-0.39, 0.29) is 12.0 Å². The zero-order valence-corrected chi connectivity index (χ0v) is 15.6. The van der Waals surface area contributed by atoms with Crippen LogP contribution in [0.5, 0.6) is 5.75 Å². The van der Waals surface area contributed by atoms with E-state index in [1.807, 2.05) is 29.3 Å². The number of rotatable bonds is 5. The van der Waals surface area contributed by atoms with Gasteiger partial charge in [-0.1, -0.05) is 29.8 Å². The molecule has 0 aliphatic carbocycles. The smallest absolute Gasteiger partial charge is 0.233 e. The van der Waals surface area contributed by atoms with Crippen LogP contribution in [0.15, 0.2) is 53.8 Å². The van der Waals surface area contributed by atoms with Crippen molar-refractivity contribution in [3.8, 4) is 5.75 Å². The van der Waals surface area contributed by atoms with Crippen LogP contribution in [-0.4, -0.2) is 45.7 Å². The zero-order chi connectivity index (χ0) is 17.9. The van der Waals surface area contributed by atoms with Crippen molar-refractivity contribution in [3.63, 3.8) is 0 Å². The zero-order valence-electron chi connectivity index (χ0n) is 14.0. The second-order valence-corrected chi connectivity index (χ2v) is 7.59. The van der Waals surface area contributed by atoms with Gasteiger partial charge in [0.1, 0.15) is 16.9 Å². The summed E-state index contributed by atoms with van der Waals surface area (Å²) in [6.45, 7) is 1.30. The lowest BCUT2D eigenvalue weighted by Gasteiger charge is -2.17. The lowest BCUT2D eigenvalue weighted by molar-refractivity contribution is -0.127. The van der Waals surface area contributed by atoms with Gasteiger partial charge in [-0.2, -0.15) is 0 Å². The van der Waals surface area contributed by atoms with E-state index in [0.717, 1.165) is 22.2 Å². The molecule has 26 heavy (non-hydrogen) atoms. The average molecular weight is 388 g/mol. The molecule has 1 unspecified atom stereocenters. The number of carbonyl (C=O) groups is 1. The largest absolute Gasteiger partial charge is 0.487 e. The van der Waals surface area contributed by atoms with Crippen molar-refractivity contribution in [1.82, 2.24) is 14.9 Å². The first-order valence-electron chi connectivity index (χ1n) is 8.43. The maximum atomic E-state index is 12.5. The molecule has 1 saturated heterocycles. The molecule has 1 aromatic carbocycles. The van der Waals surface area contributed by atoms with Gasteiger partial charge in [0.2, 0.25) is 5.91 Å². The van der Waals surface area contributed by atoms with Crippen LogP contribution in [0.1, 0.15) is 6.42 Å². The summed E-state index contributed by atoms with van der Waals surface area (Å²) < 4.78 is 5.92. The minimum Gasteiger partial charge on any atom is -0.487 e. The molecular formula is C19H18ClN3O2S. The normalized spacial score (nSPS) is 17.0. The second-order valence-electron chi connectivity index (χ2n) is 6.16. The molecule has 1 fully saturated rings. The third-order valence-corrected chi connectivity index (χ3v) is 5.75. The molecule has 1 N–H and O–H groups in total. The van der Waals surface area contributed by atoms with Gasteiger partial charge in [0, 0.05) is 53.4 Å². The number of aromatic nitrogens is 2. The second kappa shape index (κ2) is 7.60. The van der Waals surface area contributed by atoms with Crippen molar-refractivity contribution in [3.05, 3.63) is 53.9 Å². The van der Waals surface area contributed by atoms with E-state index in [4.69, 9.17) is 16.3 Å². The van der Waals surface area contributed by atoms with Gasteiger partial charge < -0.3 is 14.6 Å². The molecule has 0 bridgehead atoms. The first-order chi connectivity index (χ1) is 12.7. The molecule has 0 radical (unpaired) electrons. The number of pyridine rings is 1. The Morgan fingerprint density at radius 3 is 3.15 bits per heavy atom. The molecule has 3 heterocycles. The summed E-state index contributed by atoms with van der Waals surface area (Å²) in [6.07, 6.45) is 5.95. The fourth-order valence-corrected chi connectivity index (χ4v) is 4.18. The number of hydrogen-bond donors (Lipinski definition) is 1. The van der Waals surface area contributed by atoms with Crippen LogP contribution in [0.25, 0.3) is 10.9 Å². The van der Waals surface area contributed by atoms with E-state index < -0.39 is 0 Å². The molecule has 1 aliphatic rings. The Labute approximate surface area is 160 Å². The molecule has 1 amide bonds. The van der Waals surface area contributed by atoms with Gasteiger partial charge in [-0.05, 0) is 6.07 Å². The standard InChI is InChI=1S/C19H18ClN3O2S/c20-15-9-21-7-5-17(15)25-13-6-8-23(11-13)19(24)12-26-18-10-22-16-4-2-1-3-14(16)18/h1-5,7,9-10,13,22H,6,8,11-12H2. The number of amides is 1. The summed E-state index contributed by atoms with van der Waals surface area (Å²) in [7, 11) is 0. The number of likely N-dealkylation sites (tertiary alicyclic amines) is 1. The van der Waals surface area contributed by atoms with Crippen LogP contribution in [0.3, 0.4) is 0 Å². The predicted molar refractivity (Wildman–Crippen MR) is 104 cm³/mol. The number of thioether (sulfide) groups is 1. The first-order valence-corrected chi connectivity index (χ1v) is 9.80. The summed E-state index contributed by atoms with van der Waals surface area (Å²) >= 11 is 7.65. The van der Waals surface area contributed by atoms with Gasteiger partial charge in [0.25, 0.3) is 0 Å². The summed E-state index contributed by atoms with van der Waals surface area (Å²) in [6, 6.07) is 9.86. The minimum absolute atomic E-state index is 0.0306. The number of hydrogen-bond acceptors (Lipinski definition) is 4. The monoisotopic (exact) mass is 387 g/mol. The molecule has 0 spiro atoms. The van der Waals surface area contributed by atoms with Gasteiger partial charge in [-0.3, -0.25) is 9.78 Å². The highest BCUT2D eigenvalue weighted by atomic mass is 35.5. The van der Waals surface area contributed by atoms with Crippen molar-refractivity contribution in [2.24, 2.45) is 0 Å². The summed E-state index contributed by atoms with van der Waals surface area (Å²) in [5.74, 6) is 1.17. The van der Waals surface area contributed by atoms with Crippen LogP contribution < -0.4 is 4.74 Å². The Balaban J connectivity index is 1.32. The number of ether oxygens (including phenoxy) is 1. The fourth-order valence-electron chi connectivity index (χ4n) is 3.08. The third kappa shape index (κ3) is 3.66. The van der Waals surface area contributed by atoms with Gasteiger partial charge >= 0.3 is 0 Å². The Kier molecular flexibility index (Phi) is 5.04. The van der Waals surface area contributed by atoms with Gasteiger partial charge in [0.15, 0.2) is 0 Å². The highest BCUT2D eigenvalue weighted by Crippen LogP contribution is 2.29. The molecule has 3 aromatic rings. The molecule has 1 aliphatic heterocycles. The maximum Gasteiger partial charge on any atom is 0.233 e. The number of para-hydroxylation sites is 1. The Bertz CT molecular complexity index is 930. The van der Waals surface area contributed by atoms with Crippen LogP contribution in [-0.2, 0) is 4.79 Å². The Hall–Kier alpha value is -2.18. The maximum absolute atomic E-state index is 12.5. The quantitative estimate of drug-likeness (QED) is 0.672. The van der Waals surface area contributed by atoms with Gasteiger partial charge in [-0.25, -0.2) is 0 Å². The van der Waals surface area contributed by atoms with Crippen molar-refractivity contribution >= 4 is 40.2 Å². The average Bonchev–Trinajstić information content (AvgIpc) is 3.29. The molecule has 1 atom stereocenters. The number of nitrogens with zero attached hydrogens (tertiary/aromatic N) is 2. The van der Waals surface area contributed by atoms with Crippen molar-refractivity contribution in [1.29, 1.82) is 0 Å². The van der Waals surface area contributed by atoms with Crippen LogP contribution >= 0.6 is 23.4 Å². The molecule has 5 nitrogen and oxygen atoms in total. The van der Waals surface area contributed by atoms with E-state index >= 15 is 0 Å². The topological polar surface area (TPSA) is 58.2 Å². The molecule has 134 valence electrons. The van der Waals surface area contributed by atoms with Crippen molar-refractivity contribution in [2.75, 3.05) is 18.8 Å². The molecule has 7 heteroatoms. The number of fused-ring (bicyclic) bond motifs is 1. The predicted octanol–water partition coefficient (Wildman–Crippen LogP) is 3.99. The van der Waals surface area contributed by atoms with Gasteiger partial charge in [0.05, 0.1) is 12.3 Å². The van der Waals surface area contributed by atoms with E-state index in [9.17, 15) is 4.79 Å². The SMILES string of the molecule is O=C(CSc1c[nH]c2ccccc12)N1CCC(Oc2ccncc2Cl)C1. The summed E-state index contributed by atoms with van der Waals surface area (Å²) in [5.41, 5.74) is 1.09. The third-order valence-electron chi connectivity index (χ3n) is 4.43. The van der Waals surface area contributed by atoms with E-state index in [0.29, 0.717) is 29.6 Å². The lowest BCUT2D eigenvalue weighted by atomic mass is 10.2. The molecule has 2 aromatic heterocycles. The molecule has 0 saturated carbocycles. The van der Waals surface area contributed by atoms with Crippen LogP contribution in [0.4, 0.5) is 0 Å². The number of H-pyrrole nitrogens is 1. The Morgan fingerprint density at radius 2 is 2.27 bits per heavy atom. The summed E-state index contributed by atoms with van der Waals surface area (Å²) in [5, 5.41) is 1.65. The van der Waals surface area contributed by atoms with Crippen molar-refractivity contribution in [2.45, 2.75) is 17.4 Å². The first kappa shape index (κ1) is 17.2. The number of benzene rings is 1. The molecule has 4 rings (SSSR count). The van der Waals surface area contributed by atoms with Gasteiger partial charge in [-0.15, -0.1) is 11.8 Å². The molecular weight excluding hydrogens is 370 g/mol. The number of aromatic amines is 1. The number of carbonyl (C=O) groups excluding carboxylic acids is 1. The fraction of sp³-hybridized carbons (Fsp3) is 0.263. The highest BCUT2D eigenvalue weighted by Gasteiger charge is 2.28. The number of halogens is 1.